The minimum Gasteiger partial charge on any atom is -0.507 e. The molecule has 4 aliphatic rings. The first-order chi connectivity index (χ1) is 39.4. The van der Waals surface area contributed by atoms with Crippen molar-refractivity contribution in [3.05, 3.63) is 153 Å². The molecule has 2 saturated heterocycles. The van der Waals surface area contributed by atoms with Crippen LogP contribution in [-0.2, 0) is 9.59 Å². The van der Waals surface area contributed by atoms with Gasteiger partial charge >= 0.3 is 11.4 Å². The lowest BCUT2D eigenvalue weighted by atomic mass is 10.0. The van der Waals surface area contributed by atoms with Crippen LogP contribution in [0.2, 0.25) is 0 Å². The van der Waals surface area contributed by atoms with Crippen LogP contribution >= 0.6 is 0 Å². The van der Waals surface area contributed by atoms with Crippen LogP contribution in [0.25, 0.3) is 56.0 Å². The molecule has 0 bridgehead atoms. The zero-order valence-corrected chi connectivity index (χ0v) is 45.9. The van der Waals surface area contributed by atoms with Gasteiger partial charge in [-0.1, -0.05) is 53.0 Å². The van der Waals surface area contributed by atoms with E-state index in [1.807, 2.05) is 51.3 Å². The number of carbonyl (C=O) groups excluding carboxylic acids is 2. The average Bonchev–Trinajstić information content (AvgIpc) is 2.51. The first kappa shape index (κ1) is 54.4. The van der Waals surface area contributed by atoms with Gasteiger partial charge in [0.25, 0.3) is 0 Å². The number of aryl methyl sites for hydroxylation is 2. The predicted molar refractivity (Wildman–Crippen MR) is 304 cm³/mol. The van der Waals surface area contributed by atoms with E-state index in [0.717, 1.165) is 11.1 Å². The first-order valence-corrected chi connectivity index (χ1v) is 26.8. The molecule has 2 aromatic carbocycles. The van der Waals surface area contributed by atoms with Crippen LogP contribution in [0.4, 0.5) is 20.4 Å². The maximum absolute atomic E-state index is 15.1. The zero-order valence-electron chi connectivity index (χ0n) is 45.9. The number of halogens is 2. The van der Waals surface area contributed by atoms with E-state index in [2.05, 4.69) is 33.1 Å². The van der Waals surface area contributed by atoms with Crippen LogP contribution in [0.15, 0.2) is 108 Å². The van der Waals surface area contributed by atoms with Crippen LogP contribution in [0.1, 0.15) is 62.0 Å². The molecule has 6 aromatic heterocycles. The maximum atomic E-state index is 15.1. The van der Waals surface area contributed by atoms with Gasteiger partial charge in [0, 0.05) is 63.8 Å². The second-order valence-electron chi connectivity index (χ2n) is 21.1. The van der Waals surface area contributed by atoms with Crippen molar-refractivity contribution in [3.63, 3.8) is 0 Å². The van der Waals surface area contributed by atoms with Gasteiger partial charge in [0.15, 0.2) is 11.3 Å². The van der Waals surface area contributed by atoms with Crippen molar-refractivity contribution in [1.29, 1.82) is 0 Å². The van der Waals surface area contributed by atoms with Gasteiger partial charge in [0.1, 0.15) is 70.3 Å². The Morgan fingerprint density at radius 1 is 0.622 bits per heavy atom. The summed E-state index contributed by atoms with van der Waals surface area (Å²) >= 11 is 0. The molecule has 4 aliphatic heterocycles. The molecule has 2 atom stereocenters. The molecule has 8 aromatic rings. The third kappa shape index (κ3) is 9.35. The van der Waals surface area contributed by atoms with Gasteiger partial charge in [-0.2, -0.15) is 9.97 Å². The number of aromatic nitrogens is 8. The Hall–Kier alpha value is -9.60. The van der Waals surface area contributed by atoms with Crippen molar-refractivity contribution in [3.8, 4) is 56.9 Å². The summed E-state index contributed by atoms with van der Waals surface area (Å²) in [5.41, 5.74) is 3.25. The van der Waals surface area contributed by atoms with Crippen LogP contribution in [-0.4, -0.2) is 135 Å². The van der Waals surface area contributed by atoms with Crippen LogP contribution in [0, 0.1) is 25.5 Å². The molecular formula is C60H58F2N12O8. The lowest BCUT2D eigenvalue weighted by Gasteiger charge is -2.40. The van der Waals surface area contributed by atoms with E-state index in [4.69, 9.17) is 19.4 Å². The lowest BCUT2D eigenvalue weighted by Crippen LogP contribution is -2.56. The fourth-order valence-electron chi connectivity index (χ4n) is 11.3. The standard InChI is InChI=1S/2C30H29FN6O4/c2*1-5-23(39)35-11-12-36-18(14-35)15-41-22-13-20(24-19(31)7-6-8-21(24)38)33-29-25(22)28(36)34-30(40)37(29)27-17(4)9-10-32-26(27)16(2)3/h2*5-10,13,16,18,38H,1,11-12,14-15H2,2-4H3/t2*18-/m11/s1. The highest BCUT2D eigenvalue weighted by atomic mass is 19.1. The molecule has 0 unspecified atom stereocenters. The summed E-state index contributed by atoms with van der Waals surface area (Å²) < 4.78 is 45.6. The van der Waals surface area contributed by atoms with E-state index >= 15 is 8.78 Å². The van der Waals surface area contributed by atoms with Gasteiger partial charge < -0.3 is 39.3 Å². The molecule has 0 spiro atoms. The highest BCUT2D eigenvalue weighted by molar-refractivity contribution is 5.98. The smallest absolute Gasteiger partial charge is 0.355 e. The number of amides is 2. The molecule has 0 radical (unpaired) electrons. The molecule has 22 heteroatoms. The number of hydrogen-bond donors (Lipinski definition) is 2. The number of hydrogen-bond acceptors (Lipinski definition) is 16. The maximum Gasteiger partial charge on any atom is 0.355 e. The number of fused-ring (bicyclic) bond motifs is 4. The van der Waals surface area contributed by atoms with Crippen molar-refractivity contribution in [2.45, 2.75) is 65.5 Å². The van der Waals surface area contributed by atoms with Crippen molar-refractivity contribution in [1.82, 2.24) is 48.8 Å². The number of nitrogens with zero attached hydrogens (tertiary/aromatic N) is 12. The predicted octanol–water partition coefficient (Wildman–Crippen LogP) is 7.43. The molecule has 420 valence electrons. The summed E-state index contributed by atoms with van der Waals surface area (Å²) in [5.74, 6) is -0.917. The molecule has 82 heavy (non-hydrogen) atoms. The number of benzene rings is 2. The van der Waals surface area contributed by atoms with E-state index in [9.17, 15) is 29.4 Å². The Labute approximate surface area is 468 Å². The fraction of sp³-hybridized carbons (Fsp3) is 0.300. The number of phenolic OH excluding ortho intramolecular Hbond substituents is 2. The number of rotatable bonds is 8. The highest BCUT2D eigenvalue weighted by Crippen LogP contribution is 2.44. The lowest BCUT2D eigenvalue weighted by molar-refractivity contribution is -0.127. The molecule has 0 aliphatic carbocycles. The summed E-state index contributed by atoms with van der Waals surface area (Å²) in [5, 5.41) is 22.2. The third-order valence-electron chi connectivity index (χ3n) is 15.3. The van der Waals surface area contributed by atoms with E-state index < -0.39 is 23.0 Å². The molecular weight excluding hydrogens is 1050 g/mol. The highest BCUT2D eigenvalue weighted by Gasteiger charge is 2.39. The number of carbonyl (C=O) groups is 2. The average molecular weight is 1110 g/mol. The van der Waals surface area contributed by atoms with Crippen LogP contribution < -0.4 is 30.7 Å². The Balaban J connectivity index is 0.000000172. The van der Waals surface area contributed by atoms with Crippen molar-refractivity contribution in [2.24, 2.45) is 0 Å². The van der Waals surface area contributed by atoms with E-state index in [0.29, 0.717) is 95.9 Å². The number of phenols is 2. The molecule has 12 rings (SSSR count). The SMILES string of the molecule is C=CC(=O)N1CCN2c3nc(=O)n(-c4c(C)ccnc4C(C)C)c4nc(-c5c(O)cccc5F)cc(c34)OC[C@H]2C1.C=CC(=O)N1CCN2c3nc(=O)n(-c4c(C)ccnc4C(C)C)c4nc(-c5c(O)cccc5F)cc(c34)OC[C@H]2C1. The molecule has 20 nitrogen and oxygen atoms in total. The minimum absolute atomic E-state index is 0.0309. The molecule has 10 heterocycles. The Morgan fingerprint density at radius 2 is 1.02 bits per heavy atom. The van der Waals surface area contributed by atoms with Gasteiger partial charge in [-0.25, -0.2) is 37.5 Å². The topological polar surface area (TPSA) is 227 Å². The van der Waals surface area contributed by atoms with Crippen LogP contribution in [0.3, 0.4) is 0 Å². The second kappa shape index (κ2) is 21.5. The van der Waals surface area contributed by atoms with E-state index in [1.54, 1.807) is 46.5 Å². The molecule has 2 N–H and O–H groups in total. The monoisotopic (exact) mass is 1110 g/mol. The largest absolute Gasteiger partial charge is 0.507 e. The Kier molecular flexibility index (Phi) is 14.2. The van der Waals surface area contributed by atoms with Gasteiger partial charge in [-0.05, 0) is 85.4 Å². The Morgan fingerprint density at radius 3 is 1.39 bits per heavy atom. The van der Waals surface area contributed by atoms with E-state index in [1.165, 1.54) is 57.7 Å². The number of piperazine rings is 2. The zero-order chi connectivity index (χ0) is 58.0. The van der Waals surface area contributed by atoms with Crippen molar-refractivity contribution < 1.29 is 38.1 Å². The summed E-state index contributed by atoms with van der Waals surface area (Å²) in [4.78, 5) is 87.9. The summed E-state index contributed by atoms with van der Waals surface area (Å²) in [6, 6.07) is 14.2. The quantitative estimate of drug-likeness (QED) is 0.141. The van der Waals surface area contributed by atoms with E-state index in [-0.39, 0.29) is 94.3 Å². The van der Waals surface area contributed by atoms with Crippen molar-refractivity contribution in [2.75, 3.05) is 62.3 Å². The second-order valence-corrected chi connectivity index (χ2v) is 21.1. The normalized spacial score (nSPS) is 16.4. The van der Waals surface area contributed by atoms with Gasteiger partial charge in [0.2, 0.25) is 11.8 Å². The van der Waals surface area contributed by atoms with Crippen LogP contribution in [0.5, 0.6) is 23.0 Å². The number of aromatic hydroxyl groups is 2. The Bertz CT molecular complexity index is 3790. The molecule has 2 amide bonds. The molecule has 2 fully saturated rings. The number of pyridine rings is 4. The fourth-order valence-corrected chi connectivity index (χ4v) is 11.3. The number of anilines is 2. The van der Waals surface area contributed by atoms with Gasteiger partial charge in [-0.15, -0.1) is 0 Å². The van der Waals surface area contributed by atoms with Gasteiger partial charge in [-0.3, -0.25) is 19.6 Å². The summed E-state index contributed by atoms with van der Waals surface area (Å²) in [6.07, 6.45) is 5.94. The third-order valence-corrected chi connectivity index (χ3v) is 15.3. The summed E-state index contributed by atoms with van der Waals surface area (Å²) in [6.45, 7) is 21.6. The minimum atomic E-state index is -0.669. The number of ether oxygens (including phenoxy) is 2. The van der Waals surface area contributed by atoms with Crippen molar-refractivity contribution >= 4 is 45.5 Å². The van der Waals surface area contributed by atoms with Gasteiger partial charge in [0.05, 0.1) is 57.4 Å². The first-order valence-electron chi connectivity index (χ1n) is 26.8. The summed E-state index contributed by atoms with van der Waals surface area (Å²) in [7, 11) is 0. The molecule has 0 saturated carbocycles.